The smallest absolute Gasteiger partial charge is 0.336 e. The fraction of sp³-hybridized carbons (Fsp3) is 0.643. The number of carboxylic acid groups (broad SMARTS) is 1. The molecule has 2 rings (SSSR count). The average molecular weight is 268 g/mol. The first-order valence-corrected chi connectivity index (χ1v) is 7.48. The van der Waals surface area contributed by atoms with Crippen LogP contribution in [0, 0.1) is 5.92 Å². The van der Waals surface area contributed by atoms with Gasteiger partial charge in [0.1, 0.15) is 0 Å². The standard InChI is InChI=1S/C14H20O3S/c1-2-3-10-4-7-14(17,8-5-10)12-11(13(15)16)6-9-18-12/h6,9-10,17H,2-5,7-8H2,1H3,(H,15,16). The minimum absolute atomic E-state index is 0.274. The molecule has 0 unspecified atom stereocenters. The first-order valence-electron chi connectivity index (χ1n) is 6.60. The van der Waals surface area contributed by atoms with Gasteiger partial charge in [-0.25, -0.2) is 4.79 Å². The van der Waals surface area contributed by atoms with Gasteiger partial charge in [-0.1, -0.05) is 19.8 Å². The molecule has 100 valence electrons. The van der Waals surface area contributed by atoms with Crippen molar-refractivity contribution < 1.29 is 15.0 Å². The van der Waals surface area contributed by atoms with Crippen molar-refractivity contribution >= 4 is 17.3 Å². The molecule has 1 aromatic rings. The molecule has 0 spiro atoms. The Labute approximate surface area is 111 Å². The fourth-order valence-corrected chi connectivity index (χ4v) is 3.96. The van der Waals surface area contributed by atoms with Crippen LogP contribution in [0.25, 0.3) is 0 Å². The van der Waals surface area contributed by atoms with E-state index < -0.39 is 11.6 Å². The van der Waals surface area contributed by atoms with E-state index in [1.807, 2.05) is 0 Å². The van der Waals surface area contributed by atoms with Gasteiger partial charge >= 0.3 is 5.97 Å². The number of carbonyl (C=O) groups is 1. The first-order chi connectivity index (χ1) is 8.57. The van der Waals surface area contributed by atoms with Crippen molar-refractivity contribution in [1.82, 2.24) is 0 Å². The number of hydrogen-bond acceptors (Lipinski definition) is 3. The van der Waals surface area contributed by atoms with Gasteiger partial charge in [-0.3, -0.25) is 0 Å². The van der Waals surface area contributed by atoms with Gasteiger partial charge < -0.3 is 10.2 Å². The van der Waals surface area contributed by atoms with E-state index in [0.717, 1.165) is 12.8 Å². The van der Waals surface area contributed by atoms with Crippen molar-refractivity contribution in [2.45, 2.75) is 51.0 Å². The van der Waals surface area contributed by atoms with Crippen LogP contribution in [0.3, 0.4) is 0 Å². The van der Waals surface area contributed by atoms with Gasteiger partial charge in [0.2, 0.25) is 0 Å². The van der Waals surface area contributed by atoms with Gasteiger partial charge in [-0.05, 0) is 43.0 Å². The quantitative estimate of drug-likeness (QED) is 0.876. The zero-order chi connectivity index (χ0) is 13.2. The number of aliphatic hydroxyl groups is 1. The summed E-state index contributed by atoms with van der Waals surface area (Å²) in [4.78, 5) is 11.8. The highest BCUT2D eigenvalue weighted by atomic mass is 32.1. The number of hydrogen-bond donors (Lipinski definition) is 2. The normalized spacial score (nSPS) is 28.2. The number of carboxylic acids is 1. The van der Waals surface area contributed by atoms with Crippen molar-refractivity contribution in [3.63, 3.8) is 0 Å². The van der Waals surface area contributed by atoms with Crippen molar-refractivity contribution in [2.75, 3.05) is 0 Å². The summed E-state index contributed by atoms with van der Waals surface area (Å²) in [7, 11) is 0. The minimum atomic E-state index is -0.935. The molecule has 0 aliphatic heterocycles. The third-order valence-electron chi connectivity index (χ3n) is 3.95. The lowest BCUT2D eigenvalue weighted by atomic mass is 9.76. The molecule has 1 saturated carbocycles. The second kappa shape index (κ2) is 5.41. The van der Waals surface area contributed by atoms with Crippen LogP contribution in [0.15, 0.2) is 11.4 Å². The highest BCUT2D eigenvalue weighted by molar-refractivity contribution is 7.10. The van der Waals surface area contributed by atoms with E-state index in [1.165, 1.54) is 24.2 Å². The summed E-state index contributed by atoms with van der Waals surface area (Å²) >= 11 is 1.37. The van der Waals surface area contributed by atoms with Gasteiger partial charge in [0.25, 0.3) is 0 Å². The summed E-state index contributed by atoms with van der Waals surface area (Å²) in [6.07, 6.45) is 5.79. The molecule has 2 N–H and O–H groups in total. The predicted octanol–water partition coefficient (Wildman–Crippen LogP) is 3.62. The Morgan fingerprint density at radius 2 is 2.17 bits per heavy atom. The molecule has 1 aliphatic rings. The van der Waals surface area contributed by atoms with E-state index >= 15 is 0 Å². The Kier molecular flexibility index (Phi) is 4.07. The maximum Gasteiger partial charge on any atom is 0.336 e. The van der Waals surface area contributed by atoms with E-state index in [1.54, 1.807) is 11.4 Å². The Hall–Kier alpha value is -0.870. The molecule has 1 heterocycles. The largest absolute Gasteiger partial charge is 0.478 e. The molecule has 4 heteroatoms. The Bertz CT molecular complexity index is 416. The van der Waals surface area contributed by atoms with Crippen LogP contribution in [0.1, 0.15) is 60.7 Å². The topological polar surface area (TPSA) is 57.5 Å². The Balaban J connectivity index is 2.13. The lowest BCUT2D eigenvalue weighted by molar-refractivity contribution is -0.0130. The van der Waals surface area contributed by atoms with Crippen LogP contribution in [-0.4, -0.2) is 16.2 Å². The van der Waals surface area contributed by atoms with E-state index in [-0.39, 0.29) is 5.56 Å². The molecule has 1 fully saturated rings. The summed E-state index contributed by atoms with van der Waals surface area (Å²) in [5.74, 6) is -0.237. The molecule has 18 heavy (non-hydrogen) atoms. The van der Waals surface area contributed by atoms with Gasteiger partial charge in [0.05, 0.1) is 16.0 Å². The molecular weight excluding hydrogens is 248 g/mol. The van der Waals surface area contributed by atoms with Crippen LogP contribution >= 0.6 is 11.3 Å². The SMILES string of the molecule is CCCC1CCC(O)(c2sccc2C(=O)O)CC1. The highest BCUT2D eigenvalue weighted by Gasteiger charge is 2.38. The molecule has 0 saturated heterocycles. The van der Waals surface area contributed by atoms with Gasteiger partial charge in [-0.2, -0.15) is 0 Å². The Morgan fingerprint density at radius 3 is 2.72 bits per heavy atom. The number of aromatic carboxylic acids is 1. The summed E-state index contributed by atoms with van der Waals surface area (Å²) in [5.41, 5.74) is -0.636. The van der Waals surface area contributed by atoms with Crippen LogP contribution in [0.4, 0.5) is 0 Å². The second-order valence-electron chi connectivity index (χ2n) is 5.23. The van der Waals surface area contributed by atoms with E-state index in [4.69, 9.17) is 5.11 Å². The monoisotopic (exact) mass is 268 g/mol. The second-order valence-corrected chi connectivity index (χ2v) is 6.15. The van der Waals surface area contributed by atoms with Crippen molar-refractivity contribution in [2.24, 2.45) is 5.92 Å². The average Bonchev–Trinajstić information content (AvgIpc) is 2.82. The fourth-order valence-electron chi connectivity index (χ4n) is 2.92. The lowest BCUT2D eigenvalue weighted by Gasteiger charge is -2.35. The molecular formula is C14H20O3S. The van der Waals surface area contributed by atoms with Crippen LogP contribution in [0.2, 0.25) is 0 Å². The minimum Gasteiger partial charge on any atom is -0.478 e. The van der Waals surface area contributed by atoms with Crippen LogP contribution in [-0.2, 0) is 5.60 Å². The Morgan fingerprint density at radius 1 is 1.50 bits per heavy atom. The maximum atomic E-state index is 11.1. The van der Waals surface area contributed by atoms with Crippen LogP contribution in [0.5, 0.6) is 0 Å². The molecule has 1 aliphatic carbocycles. The molecule has 0 bridgehead atoms. The summed E-state index contributed by atoms with van der Waals surface area (Å²) < 4.78 is 0. The summed E-state index contributed by atoms with van der Waals surface area (Å²) in [6.45, 7) is 2.18. The van der Waals surface area contributed by atoms with Crippen molar-refractivity contribution in [3.8, 4) is 0 Å². The van der Waals surface area contributed by atoms with Crippen molar-refractivity contribution in [1.29, 1.82) is 0 Å². The zero-order valence-electron chi connectivity index (χ0n) is 10.7. The van der Waals surface area contributed by atoms with Gasteiger partial charge in [0, 0.05) is 0 Å². The molecule has 3 nitrogen and oxygen atoms in total. The summed E-state index contributed by atoms with van der Waals surface area (Å²) in [6, 6.07) is 1.60. The van der Waals surface area contributed by atoms with E-state index in [2.05, 4.69) is 6.92 Å². The molecule has 0 atom stereocenters. The zero-order valence-corrected chi connectivity index (χ0v) is 11.5. The highest BCUT2D eigenvalue weighted by Crippen LogP contribution is 2.43. The van der Waals surface area contributed by atoms with Gasteiger partial charge in [-0.15, -0.1) is 11.3 Å². The number of thiophene rings is 1. The van der Waals surface area contributed by atoms with E-state index in [0.29, 0.717) is 23.6 Å². The first kappa shape index (κ1) is 13.6. The van der Waals surface area contributed by atoms with Crippen LogP contribution < -0.4 is 0 Å². The predicted molar refractivity (Wildman–Crippen MR) is 72.0 cm³/mol. The molecule has 0 amide bonds. The summed E-state index contributed by atoms with van der Waals surface area (Å²) in [5, 5.41) is 21.6. The molecule has 0 radical (unpaired) electrons. The maximum absolute atomic E-state index is 11.1. The third-order valence-corrected chi connectivity index (χ3v) is 5.06. The third kappa shape index (κ3) is 2.59. The van der Waals surface area contributed by atoms with Crippen molar-refractivity contribution in [3.05, 3.63) is 21.9 Å². The lowest BCUT2D eigenvalue weighted by Crippen LogP contribution is -2.32. The number of rotatable bonds is 4. The molecule has 1 aromatic heterocycles. The van der Waals surface area contributed by atoms with E-state index in [9.17, 15) is 9.90 Å². The van der Waals surface area contributed by atoms with Gasteiger partial charge in [0.15, 0.2) is 0 Å². The molecule has 0 aromatic carbocycles.